The smallest absolute Gasteiger partial charge is 0.306 e. The van der Waals surface area contributed by atoms with Crippen LogP contribution in [0, 0.1) is 0 Å². The third kappa shape index (κ3) is 9.62. The fourth-order valence-electron chi connectivity index (χ4n) is 5.65. The second-order valence-electron chi connectivity index (χ2n) is 12.7. The molecule has 14 heteroatoms. The molecule has 0 spiro atoms. The fraction of sp³-hybridized carbons (Fsp3) is 0.432. The van der Waals surface area contributed by atoms with Crippen LogP contribution in [0.3, 0.4) is 0 Å². The highest BCUT2D eigenvalue weighted by molar-refractivity contribution is 6.01. The van der Waals surface area contributed by atoms with Gasteiger partial charge in [0.25, 0.3) is 5.91 Å². The second kappa shape index (κ2) is 17.5. The van der Waals surface area contributed by atoms with E-state index in [4.69, 9.17) is 44.1 Å². The molecule has 3 aromatic rings. The Labute approximate surface area is 297 Å². The molecule has 0 saturated carbocycles. The number of aliphatic imine (C=N–C) groups is 1. The Bertz CT molecular complexity index is 1720. The molecule has 1 aliphatic heterocycles. The molecular weight excluding hydrogens is 658 g/mol. The van der Waals surface area contributed by atoms with E-state index in [9.17, 15) is 9.59 Å². The number of methoxy groups -OCH3 is 3. The molecule has 4 rings (SSSR count). The van der Waals surface area contributed by atoms with Crippen molar-refractivity contribution >= 4 is 17.8 Å². The van der Waals surface area contributed by atoms with Gasteiger partial charge in [0.15, 0.2) is 23.1 Å². The normalized spacial score (nSPS) is 16.6. The summed E-state index contributed by atoms with van der Waals surface area (Å²) in [6.07, 6.45) is -0.767. The summed E-state index contributed by atoms with van der Waals surface area (Å²) in [5, 5.41) is 15.9. The van der Waals surface area contributed by atoms with Gasteiger partial charge in [-0.05, 0) is 85.8 Å². The molecule has 14 nitrogen and oxygen atoms in total. The summed E-state index contributed by atoms with van der Waals surface area (Å²) < 4.78 is 34.4. The van der Waals surface area contributed by atoms with Crippen molar-refractivity contribution in [3.63, 3.8) is 0 Å². The number of rotatable bonds is 17. The molecule has 1 heterocycles. The number of hydrogen-bond acceptors (Lipinski definition) is 11. The molecule has 2 N–H and O–H groups in total. The lowest BCUT2D eigenvalue weighted by molar-refractivity contribution is -0.155. The Hall–Kier alpha value is -5.46. The van der Waals surface area contributed by atoms with E-state index in [1.807, 2.05) is 0 Å². The minimum Gasteiger partial charge on any atom is -0.494 e. The molecular formula is C37H45N5O9. The Balaban J connectivity index is 1.81. The quantitative estimate of drug-likeness (QED) is 0.0562. The lowest BCUT2D eigenvalue weighted by atomic mass is 9.81. The number of azide groups is 1. The van der Waals surface area contributed by atoms with E-state index in [0.717, 1.165) is 0 Å². The number of hydrogen-bond donors (Lipinski definition) is 2. The van der Waals surface area contributed by atoms with Crippen LogP contribution in [0.15, 0.2) is 70.8 Å². The van der Waals surface area contributed by atoms with Gasteiger partial charge in [0.1, 0.15) is 11.4 Å². The lowest BCUT2D eigenvalue weighted by Crippen LogP contribution is -2.48. The van der Waals surface area contributed by atoms with Crippen molar-refractivity contribution in [3.05, 3.63) is 93.4 Å². The summed E-state index contributed by atoms with van der Waals surface area (Å²) >= 11 is 0. The van der Waals surface area contributed by atoms with Gasteiger partial charge in [0, 0.05) is 36.5 Å². The van der Waals surface area contributed by atoms with Gasteiger partial charge in [0.2, 0.25) is 11.6 Å². The molecule has 0 aliphatic carbocycles. The number of esters is 1. The highest BCUT2D eigenvalue weighted by atomic mass is 16.6. The predicted octanol–water partition coefficient (Wildman–Crippen LogP) is 5.98. The number of benzene rings is 3. The Morgan fingerprint density at radius 3 is 2.33 bits per heavy atom. The van der Waals surface area contributed by atoms with E-state index in [0.29, 0.717) is 58.3 Å². The minimum atomic E-state index is -1.67. The van der Waals surface area contributed by atoms with Gasteiger partial charge in [-0.25, -0.2) is 4.99 Å². The van der Waals surface area contributed by atoms with Crippen LogP contribution in [0.5, 0.6) is 23.0 Å². The molecule has 0 aromatic heterocycles. The summed E-state index contributed by atoms with van der Waals surface area (Å²) in [6.45, 7) is 5.71. The van der Waals surface area contributed by atoms with E-state index in [1.54, 1.807) is 81.4 Å². The maximum Gasteiger partial charge on any atom is 0.306 e. The summed E-state index contributed by atoms with van der Waals surface area (Å²) in [5.74, 6) is 0.978. The van der Waals surface area contributed by atoms with Crippen molar-refractivity contribution in [1.82, 2.24) is 5.32 Å². The van der Waals surface area contributed by atoms with Crippen LogP contribution in [0.25, 0.3) is 10.4 Å². The molecule has 1 aliphatic rings. The maximum atomic E-state index is 14.7. The number of nitrogens with zero attached hydrogens (tertiary/aromatic N) is 4. The SMILES string of the molecule is COc1cc(CNC(=O)[C@]2(CCC(=O)OC(C)(C)C)N=C(c3ccc(OCCCO)cc3)O[C@@H]2c2ccccc2CN=[N+]=[N-])cc(OC)c1OC. The number of carbonyl (C=O) groups is 2. The Morgan fingerprint density at radius 2 is 1.73 bits per heavy atom. The first-order chi connectivity index (χ1) is 24.5. The zero-order valence-electron chi connectivity index (χ0n) is 29.8. The number of aliphatic hydroxyl groups is 1. The molecule has 272 valence electrons. The van der Waals surface area contributed by atoms with E-state index in [1.165, 1.54) is 21.3 Å². The summed E-state index contributed by atoms with van der Waals surface area (Å²) in [5.41, 5.74) is 9.12. The predicted molar refractivity (Wildman–Crippen MR) is 189 cm³/mol. The van der Waals surface area contributed by atoms with Crippen molar-refractivity contribution in [3.8, 4) is 23.0 Å². The number of aliphatic hydroxyl groups excluding tert-OH is 1. The molecule has 0 unspecified atom stereocenters. The Kier molecular flexibility index (Phi) is 13.1. The van der Waals surface area contributed by atoms with Gasteiger partial charge < -0.3 is 38.8 Å². The lowest BCUT2D eigenvalue weighted by Gasteiger charge is -2.32. The van der Waals surface area contributed by atoms with Crippen molar-refractivity contribution in [2.45, 2.75) is 70.4 Å². The average molecular weight is 704 g/mol. The first kappa shape index (κ1) is 38.3. The fourth-order valence-corrected chi connectivity index (χ4v) is 5.65. The van der Waals surface area contributed by atoms with Crippen LogP contribution in [0.2, 0.25) is 0 Å². The van der Waals surface area contributed by atoms with E-state index < -0.39 is 29.1 Å². The molecule has 3 aromatic carbocycles. The van der Waals surface area contributed by atoms with Crippen LogP contribution in [-0.4, -0.2) is 68.6 Å². The molecule has 0 bridgehead atoms. The third-order valence-corrected chi connectivity index (χ3v) is 7.98. The largest absolute Gasteiger partial charge is 0.494 e. The summed E-state index contributed by atoms with van der Waals surface area (Å²) in [4.78, 5) is 35.7. The van der Waals surface area contributed by atoms with Crippen molar-refractivity contribution in [1.29, 1.82) is 0 Å². The number of nitrogens with one attached hydrogen (secondary N) is 1. The average Bonchev–Trinajstić information content (AvgIpc) is 3.52. The zero-order valence-corrected chi connectivity index (χ0v) is 29.8. The molecule has 1 amide bonds. The topological polar surface area (TPSA) is 183 Å². The highest BCUT2D eigenvalue weighted by Crippen LogP contribution is 2.45. The van der Waals surface area contributed by atoms with Crippen LogP contribution < -0.4 is 24.3 Å². The van der Waals surface area contributed by atoms with Crippen molar-refractivity contribution in [2.24, 2.45) is 10.1 Å². The van der Waals surface area contributed by atoms with Crippen LogP contribution in [0.1, 0.15) is 68.4 Å². The zero-order chi connectivity index (χ0) is 37.0. The maximum absolute atomic E-state index is 14.7. The van der Waals surface area contributed by atoms with E-state index in [2.05, 4.69) is 15.3 Å². The molecule has 51 heavy (non-hydrogen) atoms. The first-order valence-electron chi connectivity index (χ1n) is 16.5. The number of ether oxygens (including phenoxy) is 6. The number of amides is 1. The first-order valence-corrected chi connectivity index (χ1v) is 16.5. The van der Waals surface area contributed by atoms with Crippen LogP contribution in [0.4, 0.5) is 0 Å². The molecule has 0 fully saturated rings. The van der Waals surface area contributed by atoms with Crippen LogP contribution >= 0.6 is 0 Å². The standard InChI is InChI=1S/C37H45N5O9/c1-36(2,3)51-31(44)16-17-37(35(45)39-22-24-20-29(46-4)32(48-6)30(21-24)47-5)33(28-11-8-7-10-26(28)23-40-42-38)50-34(41-37)25-12-14-27(15-13-25)49-19-9-18-43/h7-8,10-15,20-21,33,43H,9,16-19,22-23H2,1-6H3,(H,39,45)/t33-,37-/m1/s1. The van der Waals surface area contributed by atoms with Gasteiger partial charge in [-0.3, -0.25) is 9.59 Å². The van der Waals surface area contributed by atoms with E-state index >= 15 is 0 Å². The van der Waals surface area contributed by atoms with Gasteiger partial charge in [-0.1, -0.05) is 29.4 Å². The summed E-state index contributed by atoms with van der Waals surface area (Å²) in [7, 11) is 4.51. The monoisotopic (exact) mass is 703 g/mol. The molecule has 0 radical (unpaired) electrons. The van der Waals surface area contributed by atoms with Gasteiger partial charge in [-0.15, -0.1) is 0 Å². The van der Waals surface area contributed by atoms with E-state index in [-0.39, 0.29) is 38.4 Å². The minimum absolute atomic E-state index is 0.00303. The van der Waals surface area contributed by atoms with Crippen molar-refractivity contribution < 1.29 is 43.1 Å². The van der Waals surface area contributed by atoms with Crippen LogP contribution in [-0.2, 0) is 32.2 Å². The highest BCUT2D eigenvalue weighted by Gasteiger charge is 2.53. The van der Waals surface area contributed by atoms with Crippen molar-refractivity contribution in [2.75, 3.05) is 34.5 Å². The Morgan fingerprint density at radius 1 is 1.04 bits per heavy atom. The third-order valence-electron chi connectivity index (χ3n) is 7.98. The van der Waals surface area contributed by atoms with Gasteiger partial charge in [0.05, 0.1) is 34.5 Å². The van der Waals surface area contributed by atoms with Gasteiger partial charge >= 0.3 is 5.97 Å². The summed E-state index contributed by atoms with van der Waals surface area (Å²) in [6, 6.07) is 17.6. The number of carbonyl (C=O) groups excluding carboxylic acids is 2. The second-order valence-corrected chi connectivity index (χ2v) is 12.7. The molecule has 2 atom stereocenters. The molecule has 0 saturated heterocycles. The van der Waals surface area contributed by atoms with Gasteiger partial charge in [-0.2, -0.15) is 0 Å².